The first-order valence-electron chi connectivity index (χ1n) is 7.03. The number of sulfone groups is 1. The summed E-state index contributed by atoms with van der Waals surface area (Å²) in [6.45, 7) is 3.68. The number of halogens is 1. The van der Waals surface area contributed by atoms with Crippen LogP contribution in [-0.2, 0) is 9.84 Å². The fourth-order valence-corrected chi connectivity index (χ4v) is 2.83. The van der Waals surface area contributed by atoms with Crippen LogP contribution in [0.2, 0.25) is 5.02 Å². The maximum atomic E-state index is 12.7. The maximum absolute atomic E-state index is 12.7. The van der Waals surface area contributed by atoms with E-state index in [2.05, 4.69) is 9.97 Å². The summed E-state index contributed by atoms with van der Waals surface area (Å²) in [6.07, 6.45) is 1.14. The number of hydrogen-bond donors (Lipinski definition) is 0. The van der Waals surface area contributed by atoms with Crippen LogP contribution in [0.1, 0.15) is 24.3 Å². The van der Waals surface area contributed by atoms with E-state index in [1.54, 1.807) is 24.3 Å². The molecule has 1 aromatic carbocycles. The Kier molecular flexibility index (Phi) is 5.33. The standard InChI is InChI=1S/C15H16ClN3O3S/c1-3-19(11-8-6-5-7-9-11)14(20)13-12(16)10-17-15(18-13)23(21,22)4-2/h5-10H,3-4H2,1-2H3. The SMILES string of the molecule is CCN(C(=O)c1nc(S(=O)(=O)CC)ncc1Cl)c1ccccc1. The van der Waals surface area contributed by atoms with E-state index in [4.69, 9.17) is 11.6 Å². The summed E-state index contributed by atoms with van der Waals surface area (Å²) in [5, 5.41) is -0.378. The molecule has 2 aromatic rings. The van der Waals surface area contributed by atoms with Gasteiger partial charge in [0.25, 0.3) is 5.91 Å². The minimum absolute atomic E-state index is 0.0134. The largest absolute Gasteiger partial charge is 0.307 e. The molecule has 0 saturated heterocycles. The van der Waals surface area contributed by atoms with Crippen LogP contribution >= 0.6 is 11.6 Å². The normalized spacial score (nSPS) is 11.3. The van der Waals surface area contributed by atoms with E-state index in [0.29, 0.717) is 12.2 Å². The predicted molar refractivity (Wildman–Crippen MR) is 88.6 cm³/mol. The van der Waals surface area contributed by atoms with Crippen molar-refractivity contribution >= 4 is 33.0 Å². The van der Waals surface area contributed by atoms with Gasteiger partial charge in [-0.15, -0.1) is 0 Å². The van der Waals surface area contributed by atoms with Crippen LogP contribution in [0, 0.1) is 0 Å². The van der Waals surface area contributed by atoms with E-state index in [-0.39, 0.29) is 16.5 Å². The van der Waals surface area contributed by atoms with Crippen molar-refractivity contribution in [3.63, 3.8) is 0 Å². The fraction of sp³-hybridized carbons (Fsp3) is 0.267. The molecule has 23 heavy (non-hydrogen) atoms. The van der Waals surface area contributed by atoms with Gasteiger partial charge in [0.05, 0.1) is 17.0 Å². The fourth-order valence-electron chi connectivity index (χ4n) is 1.96. The highest BCUT2D eigenvalue weighted by Gasteiger charge is 2.24. The van der Waals surface area contributed by atoms with E-state index in [9.17, 15) is 13.2 Å². The van der Waals surface area contributed by atoms with Gasteiger partial charge in [0.1, 0.15) is 0 Å². The average Bonchev–Trinajstić information content (AvgIpc) is 2.56. The second-order valence-corrected chi connectivity index (χ2v) is 7.22. The predicted octanol–water partition coefficient (Wildman–Crippen LogP) is 2.59. The van der Waals surface area contributed by atoms with Crippen molar-refractivity contribution in [1.29, 1.82) is 0 Å². The van der Waals surface area contributed by atoms with Crippen LogP contribution in [0.3, 0.4) is 0 Å². The highest BCUT2D eigenvalue weighted by atomic mass is 35.5. The monoisotopic (exact) mass is 353 g/mol. The number of rotatable bonds is 5. The van der Waals surface area contributed by atoms with Crippen molar-refractivity contribution in [2.75, 3.05) is 17.2 Å². The summed E-state index contributed by atoms with van der Waals surface area (Å²) >= 11 is 6.01. The molecule has 1 amide bonds. The zero-order chi connectivity index (χ0) is 17.0. The third-order valence-corrected chi connectivity index (χ3v) is 5.00. The molecule has 0 fully saturated rings. The van der Waals surface area contributed by atoms with Gasteiger partial charge >= 0.3 is 0 Å². The summed E-state index contributed by atoms with van der Waals surface area (Å²) < 4.78 is 23.8. The van der Waals surface area contributed by atoms with Crippen molar-refractivity contribution in [2.24, 2.45) is 0 Å². The number of carbonyl (C=O) groups is 1. The lowest BCUT2D eigenvalue weighted by molar-refractivity contribution is 0.0983. The Morgan fingerprint density at radius 1 is 1.22 bits per heavy atom. The molecule has 0 unspecified atom stereocenters. The molecule has 1 heterocycles. The topological polar surface area (TPSA) is 80.2 Å². The van der Waals surface area contributed by atoms with Crippen molar-refractivity contribution < 1.29 is 13.2 Å². The quantitative estimate of drug-likeness (QED) is 0.772. The van der Waals surface area contributed by atoms with Crippen molar-refractivity contribution in [3.8, 4) is 0 Å². The number of para-hydroxylation sites is 1. The van der Waals surface area contributed by atoms with Crippen molar-refractivity contribution in [1.82, 2.24) is 9.97 Å². The van der Waals surface area contributed by atoms with E-state index < -0.39 is 20.9 Å². The van der Waals surface area contributed by atoms with Crippen molar-refractivity contribution in [3.05, 3.63) is 47.2 Å². The number of benzene rings is 1. The van der Waals surface area contributed by atoms with Crippen LogP contribution in [0.4, 0.5) is 5.69 Å². The number of hydrogen-bond acceptors (Lipinski definition) is 5. The van der Waals surface area contributed by atoms with Crippen LogP contribution < -0.4 is 4.90 Å². The smallest absolute Gasteiger partial charge is 0.278 e. The lowest BCUT2D eigenvalue weighted by Gasteiger charge is -2.21. The number of anilines is 1. The number of nitrogens with zero attached hydrogens (tertiary/aromatic N) is 3. The van der Waals surface area contributed by atoms with Crippen LogP contribution in [0.5, 0.6) is 0 Å². The zero-order valence-electron chi connectivity index (χ0n) is 12.7. The summed E-state index contributed by atoms with van der Waals surface area (Å²) in [6, 6.07) is 9.01. The molecule has 0 aliphatic carbocycles. The highest BCUT2D eigenvalue weighted by Crippen LogP contribution is 2.21. The third-order valence-electron chi connectivity index (χ3n) is 3.21. The molecular formula is C15H16ClN3O3S. The van der Waals surface area contributed by atoms with Gasteiger partial charge in [-0.1, -0.05) is 36.7 Å². The number of carbonyl (C=O) groups excluding carboxylic acids is 1. The Hall–Kier alpha value is -1.99. The van der Waals surface area contributed by atoms with Gasteiger partial charge in [0, 0.05) is 12.2 Å². The van der Waals surface area contributed by atoms with Gasteiger partial charge in [0.2, 0.25) is 15.0 Å². The Morgan fingerprint density at radius 2 is 1.87 bits per heavy atom. The first-order valence-corrected chi connectivity index (χ1v) is 9.06. The summed E-state index contributed by atoms with van der Waals surface area (Å²) in [5.74, 6) is -0.628. The highest BCUT2D eigenvalue weighted by molar-refractivity contribution is 7.91. The lowest BCUT2D eigenvalue weighted by Crippen LogP contribution is -2.32. The van der Waals surface area contributed by atoms with E-state index >= 15 is 0 Å². The molecule has 1 aromatic heterocycles. The average molecular weight is 354 g/mol. The van der Waals surface area contributed by atoms with Crippen molar-refractivity contribution in [2.45, 2.75) is 19.0 Å². The summed E-state index contributed by atoms with van der Waals surface area (Å²) in [7, 11) is -3.62. The Bertz CT molecular complexity index is 810. The van der Waals surface area contributed by atoms with E-state index in [1.807, 2.05) is 13.0 Å². The molecule has 122 valence electrons. The number of aromatic nitrogens is 2. The molecule has 0 saturated carbocycles. The molecule has 2 rings (SSSR count). The minimum Gasteiger partial charge on any atom is -0.307 e. The Labute approximate surface area is 140 Å². The zero-order valence-corrected chi connectivity index (χ0v) is 14.3. The first-order chi connectivity index (χ1) is 10.9. The molecule has 8 heteroatoms. The third kappa shape index (κ3) is 3.68. The summed E-state index contributed by atoms with van der Waals surface area (Å²) in [5.41, 5.74) is 0.550. The second kappa shape index (κ2) is 7.06. The van der Waals surface area contributed by atoms with E-state index in [0.717, 1.165) is 6.20 Å². The van der Waals surface area contributed by atoms with E-state index in [1.165, 1.54) is 11.8 Å². The molecule has 0 spiro atoms. The van der Waals surface area contributed by atoms with Gasteiger partial charge in [-0.3, -0.25) is 4.79 Å². The van der Waals surface area contributed by atoms with Crippen LogP contribution in [0.15, 0.2) is 41.7 Å². The molecular weight excluding hydrogens is 338 g/mol. The van der Waals surface area contributed by atoms with Gasteiger partial charge in [-0.2, -0.15) is 0 Å². The lowest BCUT2D eigenvalue weighted by atomic mass is 10.2. The molecule has 0 aliphatic rings. The number of amides is 1. The molecule has 0 atom stereocenters. The van der Waals surface area contributed by atoms with Crippen LogP contribution in [-0.4, -0.2) is 36.6 Å². The van der Waals surface area contributed by atoms with Gasteiger partial charge in [0.15, 0.2) is 5.69 Å². The first kappa shape index (κ1) is 17.4. The second-order valence-electron chi connectivity index (χ2n) is 4.64. The molecule has 0 N–H and O–H groups in total. The molecule has 6 nitrogen and oxygen atoms in total. The maximum Gasteiger partial charge on any atom is 0.278 e. The molecule has 0 bridgehead atoms. The Balaban J connectivity index is 2.48. The van der Waals surface area contributed by atoms with Gasteiger partial charge in [-0.25, -0.2) is 18.4 Å². The molecule has 0 aliphatic heterocycles. The van der Waals surface area contributed by atoms with Gasteiger partial charge in [-0.05, 0) is 19.1 Å². The summed E-state index contributed by atoms with van der Waals surface area (Å²) in [4.78, 5) is 21.8. The molecule has 0 radical (unpaired) electrons. The van der Waals surface area contributed by atoms with Crippen LogP contribution in [0.25, 0.3) is 0 Å². The minimum atomic E-state index is -3.62. The Morgan fingerprint density at radius 3 is 2.43 bits per heavy atom. The van der Waals surface area contributed by atoms with Gasteiger partial charge < -0.3 is 4.90 Å².